The number of hydrazone groups is 1. The normalized spacial score (nSPS) is 15.3. The summed E-state index contributed by atoms with van der Waals surface area (Å²) in [5.74, 6) is -0.538. The third-order valence-electron chi connectivity index (χ3n) is 9.75. The first-order chi connectivity index (χ1) is 26.3. The van der Waals surface area contributed by atoms with E-state index in [4.69, 9.17) is 23.2 Å². The maximum absolute atomic E-state index is 13.9. The fraction of sp³-hybridized carbons (Fsp3) is 0.650. The summed E-state index contributed by atoms with van der Waals surface area (Å²) in [6, 6.07) is 7.76. The van der Waals surface area contributed by atoms with Crippen LogP contribution in [0.25, 0.3) is 0 Å². The molecule has 0 spiro atoms. The zero-order valence-electron chi connectivity index (χ0n) is 33.5. The topological polar surface area (TPSA) is 132 Å². The maximum atomic E-state index is 13.9. The molecule has 0 saturated heterocycles. The van der Waals surface area contributed by atoms with E-state index >= 15 is 0 Å². The van der Waals surface area contributed by atoms with Crippen molar-refractivity contribution in [2.75, 3.05) is 31.2 Å². The summed E-state index contributed by atoms with van der Waals surface area (Å²) in [7, 11) is -7.67. The van der Waals surface area contributed by atoms with Gasteiger partial charge in [-0.25, -0.2) is 16.8 Å². The third kappa shape index (κ3) is 13.6. The number of anilines is 1. The van der Waals surface area contributed by atoms with Gasteiger partial charge < -0.3 is 0 Å². The van der Waals surface area contributed by atoms with Crippen LogP contribution in [0.2, 0.25) is 10.0 Å². The summed E-state index contributed by atoms with van der Waals surface area (Å²) < 4.78 is 58.2. The summed E-state index contributed by atoms with van der Waals surface area (Å²) >= 11 is 13.3. The lowest BCUT2D eigenvalue weighted by atomic mass is 10.2. The number of hydrogen-bond donors (Lipinski definition) is 0. The van der Waals surface area contributed by atoms with Crippen molar-refractivity contribution in [2.45, 2.75) is 153 Å². The first kappa shape index (κ1) is 47.0. The van der Waals surface area contributed by atoms with Crippen molar-refractivity contribution in [3.63, 3.8) is 0 Å². The molecule has 15 heteroatoms. The van der Waals surface area contributed by atoms with Crippen LogP contribution >= 0.6 is 23.2 Å². The minimum absolute atomic E-state index is 0.00366. The molecule has 2 aromatic rings. The van der Waals surface area contributed by atoms with Crippen molar-refractivity contribution < 1.29 is 21.6 Å². The van der Waals surface area contributed by atoms with Crippen LogP contribution in [0.15, 0.2) is 61.5 Å². The molecule has 1 aliphatic heterocycles. The highest BCUT2D eigenvalue weighted by atomic mass is 35.5. The van der Waals surface area contributed by atoms with E-state index in [-0.39, 0.29) is 25.5 Å². The van der Waals surface area contributed by atoms with Crippen molar-refractivity contribution in [2.24, 2.45) is 15.3 Å². The molecule has 1 unspecified atom stereocenters. The molecular weight excluding hydrogens is 780 g/mol. The van der Waals surface area contributed by atoms with Gasteiger partial charge in [0.15, 0.2) is 6.04 Å². The van der Waals surface area contributed by atoms with Gasteiger partial charge in [-0.1, -0.05) is 128 Å². The Balaban J connectivity index is 1.77. The minimum Gasteiger partial charge on any atom is -0.269 e. The van der Waals surface area contributed by atoms with Crippen molar-refractivity contribution in [3.05, 3.63) is 46.4 Å². The van der Waals surface area contributed by atoms with Crippen LogP contribution in [0.5, 0.6) is 0 Å². The lowest BCUT2D eigenvalue weighted by Gasteiger charge is -2.24. The number of rotatable bonds is 27. The Bertz CT molecular complexity index is 1770. The fourth-order valence-corrected chi connectivity index (χ4v) is 10.3. The highest BCUT2D eigenvalue weighted by molar-refractivity contribution is 7.89. The number of benzene rings is 2. The molecular formula is C40H62Cl2N6O5S2. The van der Waals surface area contributed by atoms with Crippen LogP contribution in [0.3, 0.4) is 0 Å². The van der Waals surface area contributed by atoms with Gasteiger partial charge in [-0.2, -0.15) is 28.9 Å². The number of unbranched alkanes of at least 4 members (excludes halogenated alkanes) is 12. The van der Waals surface area contributed by atoms with Crippen molar-refractivity contribution >= 4 is 66.2 Å². The van der Waals surface area contributed by atoms with Crippen molar-refractivity contribution in [3.8, 4) is 0 Å². The van der Waals surface area contributed by atoms with E-state index in [0.717, 1.165) is 108 Å². The molecule has 1 heterocycles. The Kier molecular flexibility index (Phi) is 20.3. The molecule has 0 aliphatic carbocycles. The Morgan fingerprint density at radius 3 is 1.56 bits per heavy atom. The molecule has 1 aliphatic rings. The van der Waals surface area contributed by atoms with E-state index < -0.39 is 32.0 Å². The second kappa shape index (κ2) is 23.7. The predicted molar refractivity (Wildman–Crippen MR) is 226 cm³/mol. The molecule has 0 bridgehead atoms. The SMILES string of the molecule is CCCCCCN(CCCCCC)S(=O)(=O)c1ccc(N=NC2C(=O)N(c3cc(Cl)c(S(=O)(=O)N(CCCCCC)CCCCCC)cc3Cl)N=C2C)cc1. The summed E-state index contributed by atoms with van der Waals surface area (Å²) in [6.45, 7) is 11.9. The molecule has 1 amide bonds. The minimum atomic E-state index is -3.97. The Morgan fingerprint density at radius 1 is 0.655 bits per heavy atom. The smallest absolute Gasteiger partial charge is 0.269 e. The molecule has 11 nitrogen and oxygen atoms in total. The van der Waals surface area contributed by atoms with E-state index in [1.807, 2.05) is 0 Å². The summed E-state index contributed by atoms with van der Waals surface area (Å²) in [6.07, 6.45) is 15.4. The molecule has 3 rings (SSSR count). The van der Waals surface area contributed by atoms with Crippen LogP contribution in [0.4, 0.5) is 11.4 Å². The van der Waals surface area contributed by atoms with Gasteiger partial charge in [0.2, 0.25) is 20.0 Å². The van der Waals surface area contributed by atoms with Gasteiger partial charge in [-0.05, 0) is 69.0 Å². The van der Waals surface area contributed by atoms with Crippen LogP contribution in [-0.4, -0.2) is 69.3 Å². The summed E-state index contributed by atoms with van der Waals surface area (Å²) in [5, 5.41) is 13.9. The van der Waals surface area contributed by atoms with Gasteiger partial charge in [-0.3, -0.25) is 4.79 Å². The van der Waals surface area contributed by atoms with Crippen LogP contribution in [0, 0.1) is 0 Å². The monoisotopic (exact) mass is 840 g/mol. The molecule has 0 aromatic heterocycles. The zero-order chi connectivity index (χ0) is 40.4. The Hall–Kier alpha value is -2.42. The third-order valence-corrected chi connectivity index (χ3v) is 14.3. The summed E-state index contributed by atoms with van der Waals surface area (Å²) in [4.78, 5) is 13.7. The second-order valence-electron chi connectivity index (χ2n) is 14.3. The van der Waals surface area contributed by atoms with Gasteiger partial charge in [0.1, 0.15) is 4.90 Å². The van der Waals surface area contributed by atoms with Gasteiger partial charge in [-0.15, -0.1) is 0 Å². The molecule has 0 N–H and O–H groups in total. The van der Waals surface area contributed by atoms with E-state index in [0.29, 0.717) is 37.6 Å². The lowest BCUT2D eigenvalue weighted by molar-refractivity contribution is -0.117. The molecule has 0 saturated carbocycles. The number of azo groups is 1. The van der Waals surface area contributed by atoms with Gasteiger partial charge >= 0.3 is 0 Å². The van der Waals surface area contributed by atoms with Crippen LogP contribution in [-0.2, 0) is 24.8 Å². The number of carbonyl (C=O) groups excluding carboxylic acids is 1. The highest BCUT2D eigenvalue weighted by Gasteiger charge is 2.37. The second-order valence-corrected chi connectivity index (χ2v) is 18.9. The number of carbonyl (C=O) groups is 1. The standard InChI is InChI=1S/C40H62Cl2N6O5S2/c1-6-10-14-18-26-46(27-19-15-11-7-2)54(50,51)34-24-22-33(23-25-34)43-44-39-32(5)45-48(40(39)49)37-30-36(42)38(31-35(37)41)55(52,53)47(28-20-16-12-8-3)29-21-17-13-9-4/h22-25,30-31,39H,6-21,26-29H2,1-5H3. The molecule has 1 atom stereocenters. The number of halogens is 2. The first-order valence-electron chi connectivity index (χ1n) is 20.2. The van der Waals surface area contributed by atoms with Crippen LogP contribution < -0.4 is 5.01 Å². The Morgan fingerprint density at radius 2 is 1.11 bits per heavy atom. The van der Waals surface area contributed by atoms with E-state index in [9.17, 15) is 21.6 Å². The van der Waals surface area contributed by atoms with E-state index in [2.05, 4.69) is 43.0 Å². The van der Waals surface area contributed by atoms with Crippen molar-refractivity contribution in [1.82, 2.24) is 8.61 Å². The van der Waals surface area contributed by atoms with E-state index in [1.54, 1.807) is 23.4 Å². The average molecular weight is 842 g/mol. The highest BCUT2D eigenvalue weighted by Crippen LogP contribution is 2.38. The quantitative estimate of drug-likeness (QED) is 0.0652. The molecule has 2 aromatic carbocycles. The number of amides is 1. The largest absolute Gasteiger partial charge is 0.280 e. The molecule has 0 fully saturated rings. The van der Waals surface area contributed by atoms with Gasteiger partial charge in [0.05, 0.1) is 32.0 Å². The Labute approximate surface area is 341 Å². The zero-order valence-corrected chi connectivity index (χ0v) is 36.6. The molecule has 55 heavy (non-hydrogen) atoms. The number of nitrogens with zero attached hydrogens (tertiary/aromatic N) is 6. The summed E-state index contributed by atoms with van der Waals surface area (Å²) in [5.41, 5.74) is 0.859. The number of hydrogen-bond acceptors (Lipinski definition) is 8. The fourth-order valence-electron chi connectivity index (χ4n) is 6.40. The predicted octanol–water partition coefficient (Wildman–Crippen LogP) is 11.2. The van der Waals surface area contributed by atoms with E-state index in [1.165, 1.54) is 28.6 Å². The average Bonchev–Trinajstić information content (AvgIpc) is 3.44. The molecule has 308 valence electrons. The lowest BCUT2D eigenvalue weighted by Crippen LogP contribution is -2.33. The number of sulfonamides is 2. The maximum Gasteiger partial charge on any atom is 0.280 e. The van der Waals surface area contributed by atoms with Gasteiger partial charge in [0.25, 0.3) is 5.91 Å². The van der Waals surface area contributed by atoms with Gasteiger partial charge in [0, 0.05) is 26.2 Å². The van der Waals surface area contributed by atoms with Crippen LogP contribution in [0.1, 0.15) is 137 Å². The van der Waals surface area contributed by atoms with Crippen molar-refractivity contribution in [1.29, 1.82) is 0 Å². The molecule has 0 radical (unpaired) electrons. The first-order valence-corrected chi connectivity index (χ1v) is 23.9.